The molecule has 1 fully saturated rings. The Hall–Kier alpha value is -2.30. The zero-order valence-electron chi connectivity index (χ0n) is 16.0. The maximum Gasteiger partial charge on any atom is 0.135 e. The fourth-order valence-corrected chi connectivity index (χ4v) is 4.73. The summed E-state index contributed by atoms with van der Waals surface area (Å²) in [6.07, 6.45) is 0. The van der Waals surface area contributed by atoms with E-state index in [1.807, 2.05) is 12.1 Å². The van der Waals surface area contributed by atoms with Crippen molar-refractivity contribution in [3.05, 3.63) is 76.3 Å². The molecule has 0 N–H and O–H groups in total. The lowest BCUT2D eigenvalue weighted by molar-refractivity contribution is 0.250. The number of piperazine rings is 1. The normalized spacial score (nSPS) is 15.6. The van der Waals surface area contributed by atoms with Crippen LogP contribution in [0.5, 0.6) is 0 Å². The number of hydrogen-bond acceptors (Lipinski definition) is 3. The zero-order valence-corrected chi connectivity index (χ0v) is 17.6. The Balaban J connectivity index is 1.30. The monoisotopic (exact) mass is 434 g/mol. The summed E-state index contributed by atoms with van der Waals surface area (Å²) in [4.78, 5) is 5.05. The second kappa shape index (κ2) is 7.26. The SMILES string of the molecule is Cc1cc(Br)ccc1N1CCN(Cc2ccc3oc4ccccc4c3c2)CC1. The molecule has 1 aromatic heterocycles. The molecule has 0 radical (unpaired) electrons. The Morgan fingerprint density at radius 3 is 2.46 bits per heavy atom. The minimum atomic E-state index is 0.966. The molecule has 5 rings (SSSR count). The number of halogens is 1. The number of para-hydroxylation sites is 1. The number of hydrogen-bond donors (Lipinski definition) is 0. The first kappa shape index (κ1) is 17.8. The van der Waals surface area contributed by atoms with E-state index in [-0.39, 0.29) is 0 Å². The van der Waals surface area contributed by atoms with Crippen LogP contribution in [0, 0.1) is 6.92 Å². The van der Waals surface area contributed by atoms with Gasteiger partial charge in [-0.1, -0.05) is 40.2 Å². The van der Waals surface area contributed by atoms with Gasteiger partial charge in [-0.15, -0.1) is 0 Å². The predicted octanol–water partition coefficient (Wildman–Crippen LogP) is 5.98. The third-order valence-electron chi connectivity index (χ3n) is 5.72. The molecule has 0 unspecified atom stereocenters. The van der Waals surface area contributed by atoms with Gasteiger partial charge in [-0.2, -0.15) is 0 Å². The van der Waals surface area contributed by atoms with Crippen molar-refractivity contribution in [2.75, 3.05) is 31.1 Å². The molecule has 0 aliphatic carbocycles. The summed E-state index contributed by atoms with van der Waals surface area (Å²) in [6.45, 7) is 7.48. The first-order valence-electron chi connectivity index (χ1n) is 9.81. The third kappa shape index (κ3) is 3.31. The molecule has 2 heterocycles. The van der Waals surface area contributed by atoms with Gasteiger partial charge in [-0.25, -0.2) is 0 Å². The highest BCUT2D eigenvalue weighted by Gasteiger charge is 2.19. The molecule has 142 valence electrons. The van der Waals surface area contributed by atoms with Crippen LogP contribution in [0.2, 0.25) is 0 Å². The van der Waals surface area contributed by atoms with Crippen LogP contribution in [0.25, 0.3) is 21.9 Å². The van der Waals surface area contributed by atoms with Gasteiger partial charge >= 0.3 is 0 Å². The first-order chi connectivity index (χ1) is 13.7. The van der Waals surface area contributed by atoms with E-state index >= 15 is 0 Å². The highest BCUT2D eigenvalue weighted by atomic mass is 79.9. The van der Waals surface area contributed by atoms with Gasteiger partial charge < -0.3 is 9.32 Å². The van der Waals surface area contributed by atoms with E-state index in [1.54, 1.807) is 0 Å². The summed E-state index contributed by atoms with van der Waals surface area (Å²) < 4.78 is 7.10. The maximum absolute atomic E-state index is 5.96. The second-order valence-electron chi connectivity index (χ2n) is 7.62. The lowest BCUT2D eigenvalue weighted by Gasteiger charge is -2.37. The van der Waals surface area contributed by atoms with Crippen molar-refractivity contribution < 1.29 is 4.42 Å². The number of anilines is 1. The molecule has 4 heteroatoms. The van der Waals surface area contributed by atoms with Gasteiger partial charge in [0.1, 0.15) is 11.2 Å². The Morgan fingerprint density at radius 1 is 0.857 bits per heavy atom. The molecular formula is C24H23BrN2O. The molecular weight excluding hydrogens is 412 g/mol. The quantitative estimate of drug-likeness (QED) is 0.395. The molecule has 1 aliphatic rings. The van der Waals surface area contributed by atoms with Gasteiger partial charge in [-0.3, -0.25) is 4.90 Å². The molecule has 0 amide bonds. The van der Waals surface area contributed by atoms with Crippen molar-refractivity contribution in [1.29, 1.82) is 0 Å². The number of rotatable bonds is 3. The first-order valence-corrected chi connectivity index (χ1v) is 10.6. The average Bonchev–Trinajstić information content (AvgIpc) is 3.07. The van der Waals surface area contributed by atoms with Crippen LogP contribution in [-0.4, -0.2) is 31.1 Å². The number of benzene rings is 3. The minimum Gasteiger partial charge on any atom is -0.456 e. The van der Waals surface area contributed by atoms with Crippen molar-refractivity contribution >= 4 is 43.6 Å². The smallest absolute Gasteiger partial charge is 0.135 e. The zero-order chi connectivity index (χ0) is 19.1. The Bertz CT molecular complexity index is 1140. The average molecular weight is 435 g/mol. The van der Waals surface area contributed by atoms with Gasteiger partial charge in [0.15, 0.2) is 0 Å². The van der Waals surface area contributed by atoms with Crippen molar-refractivity contribution in [2.24, 2.45) is 0 Å². The fraction of sp³-hybridized carbons (Fsp3) is 0.250. The summed E-state index contributed by atoms with van der Waals surface area (Å²) in [7, 11) is 0. The van der Waals surface area contributed by atoms with Crippen LogP contribution in [0.4, 0.5) is 5.69 Å². The molecule has 3 aromatic carbocycles. The molecule has 28 heavy (non-hydrogen) atoms. The highest BCUT2D eigenvalue weighted by molar-refractivity contribution is 9.10. The third-order valence-corrected chi connectivity index (χ3v) is 6.21. The van der Waals surface area contributed by atoms with E-state index in [1.165, 1.54) is 27.6 Å². The van der Waals surface area contributed by atoms with Crippen LogP contribution in [-0.2, 0) is 6.54 Å². The van der Waals surface area contributed by atoms with Gasteiger partial charge in [0.05, 0.1) is 0 Å². The molecule has 0 spiro atoms. The molecule has 0 bridgehead atoms. The Morgan fingerprint density at radius 2 is 1.64 bits per heavy atom. The van der Waals surface area contributed by atoms with Gasteiger partial charge in [0, 0.05) is 53.7 Å². The highest BCUT2D eigenvalue weighted by Crippen LogP contribution is 2.30. The summed E-state index contributed by atoms with van der Waals surface area (Å²) in [6, 6.07) is 21.5. The van der Waals surface area contributed by atoms with E-state index < -0.39 is 0 Å². The molecule has 1 saturated heterocycles. The van der Waals surface area contributed by atoms with Crippen molar-refractivity contribution in [1.82, 2.24) is 4.90 Å². The Labute approximate surface area is 173 Å². The van der Waals surface area contributed by atoms with Crippen LogP contribution in [0.15, 0.2) is 69.6 Å². The predicted molar refractivity (Wildman–Crippen MR) is 120 cm³/mol. The number of fused-ring (bicyclic) bond motifs is 3. The van der Waals surface area contributed by atoms with Crippen LogP contribution in [0.1, 0.15) is 11.1 Å². The maximum atomic E-state index is 5.96. The van der Waals surface area contributed by atoms with E-state index in [2.05, 4.69) is 81.2 Å². The van der Waals surface area contributed by atoms with E-state index in [0.717, 1.165) is 48.4 Å². The van der Waals surface area contributed by atoms with Crippen LogP contribution in [0.3, 0.4) is 0 Å². The van der Waals surface area contributed by atoms with Crippen LogP contribution >= 0.6 is 15.9 Å². The topological polar surface area (TPSA) is 19.6 Å². The summed E-state index contributed by atoms with van der Waals surface area (Å²) in [5, 5.41) is 2.42. The lowest BCUT2D eigenvalue weighted by atomic mass is 10.1. The van der Waals surface area contributed by atoms with Gasteiger partial charge in [-0.05, 0) is 54.4 Å². The van der Waals surface area contributed by atoms with Crippen molar-refractivity contribution in [3.8, 4) is 0 Å². The molecule has 0 saturated carbocycles. The van der Waals surface area contributed by atoms with E-state index in [9.17, 15) is 0 Å². The molecule has 4 aromatic rings. The van der Waals surface area contributed by atoms with E-state index in [0.29, 0.717) is 0 Å². The molecule has 0 atom stereocenters. The Kier molecular flexibility index (Phi) is 4.61. The van der Waals surface area contributed by atoms with Gasteiger partial charge in [0.25, 0.3) is 0 Å². The summed E-state index contributed by atoms with van der Waals surface area (Å²) in [5.41, 5.74) is 5.98. The van der Waals surface area contributed by atoms with Crippen LogP contribution < -0.4 is 4.90 Å². The number of nitrogens with zero attached hydrogens (tertiary/aromatic N) is 2. The minimum absolute atomic E-state index is 0.966. The summed E-state index contributed by atoms with van der Waals surface area (Å²) in [5.74, 6) is 0. The number of furan rings is 1. The molecule has 1 aliphatic heterocycles. The van der Waals surface area contributed by atoms with E-state index in [4.69, 9.17) is 4.42 Å². The van der Waals surface area contributed by atoms with Gasteiger partial charge in [0.2, 0.25) is 0 Å². The second-order valence-corrected chi connectivity index (χ2v) is 8.54. The molecule has 3 nitrogen and oxygen atoms in total. The standard InChI is InChI=1S/C24H23BrN2O/c1-17-14-19(25)7-8-22(17)27-12-10-26(11-13-27)16-18-6-9-24-21(15-18)20-4-2-3-5-23(20)28-24/h2-9,14-15H,10-13,16H2,1H3. The number of aryl methyl sites for hydroxylation is 1. The lowest BCUT2D eigenvalue weighted by Crippen LogP contribution is -2.46. The fourth-order valence-electron chi connectivity index (χ4n) is 4.25. The largest absolute Gasteiger partial charge is 0.456 e. The van der Waals surface area contributed by atoms with Crippen molar-refractivity contribution in [3.63, 3.8) is 0 Å². The van der Waals surface area contributed by atoms with Crippen molar-refractivity contribution in [2.45, 2.75) is 13.5 Å². The summed E-state index contributed by atoms with van der Waals surface area (Å²) >= 11 is 3.56.